The largest absolute Gasteiger partial charge is 0.493 e. The number of benzene rings is 1. The van der Waals surface area contributed by atoms with Gasteiger partial charge in [-0.1, -0.05) is 19.9 Å². The Hall–Kier alpha value is -1.26. The van der Waals surface area contributed by atoms with Gasteiger partial charge < -0.3 is 19.5 Å². The molecule has 1 N–H and O–H groups in total. The summed E-state index contributed by atoms with van der Waals surface area (Å²) in [4.78, 5) is 0. The van der Waals surface area contributed by atoms with Crippen molar-refractivity contribution in [3.8, 4) is 11.5 Å². The SMILES string of the molecule is COc1ccc(CCN[C@@H]2[C@H]3CCO[C@@H]3C2(C)C)cc1OC. The molecule has 0 unspecified atom stereocenters. The first kappa shape index (κ1) is 15.6. The molecule has 1 aromatic carbocycles. The zero-order valence-electron chi connectivity index (χ0n) is 14.0. The molecule has 3 atom stereocenters. The summed E-state index contributed by atoms with van der Waals surface area (Å²) in [5, 5.41) is 3.74. The van der Waals surface area contributed by atoms with Gasteiger partial charge >= 0.3 is 0 Å². The molecule has 122 valence electrons. The van der Waals surface area contributed by atoms with E-state index in [1.165, 1.54) is 12.0 Å². The van der Waals surface area contributed by atoms with Crippen molar-refractivity contribution in [3.05, 3.63) is 23.8 Å². The second kappa shape index (κ2) is 6.09. The molecular formula is C18H27NO3. The Bertz CT molecular complexity index is 529. The van der Waals surface area contributed by atoms with Crippen LogP contribution in [-0.2, 0) is 11.2 Å². The Balaban J connectivity index is 1.55. The average Bonchev–Trinajstić information content (AvgIpc) is 2.98. The van der Waals surface area contributed by atoms with Crippen molar-refractivity contribution in [2.24, 2.45) is 11.3 Å². The first-order valence-electron chi connectivity index (χ1n) is 8.14. The molecular weight excluding hydrogens is 278 g/mol. The number of ether oxygens (including phenoxy) is 3. The van der Waals surface area contributed by atoms with Crippen LogP contribution in [0, 0.1) is 11.3 Å². The molecule has 22 heavy (non-hydrogen) atoms. The van der Waals surface area contributed by atoms with E-state index in [9.17, 15) is 0 Å². The molecule has 1 saturated carbocycles. The Labute approximate surface area is 133 Å². The van der Waals surface area contributed by atoms with Crippen molar-refractivity contribution < 1.29 is 14.2 Å². The van der Waals surface area contributed by atoms with Gasteiger partial charge in [-0.25, -0.2) is 0 Å². The lowest BCUT2D eigenvalue weighted by atomic mass is 9.57. The van der Waals surface area contributed by atoms with Crippen molar-refractivity contribution in [2.75, 3.05) is 27.4 Å². The van der Waals surface area contributed by atoms with Gasteiger partial charge in [-0.05, 0) is 37.1 Å². The van der Waals surface area contributed by atoms with Crippen LogP contribution in [0.4, 0.5) is 0 Å². The van der Waals surface area contributed by atoms with Crippen LogP contribution < -0.4 is 14.8 Å². The van der Waals surface area contributed by atoms with E-state index < -0.39 is 0 Å². The van der Waals surface area contributed by atoms with Crippen molar-refractivity contribution >= 4 is 0 Å². The maximum Gasteiger partial charge on any atom is 0.160 e. The highest BCUT2D eigenvalue weighted by Gasteiger charge is 2.58. The smallest absolute Gasteiger partial charge is 0.160 e. The third-order valence-electron chi connectivity index (χ3n) is 5.33. The maximum absolute atomic E-state index is 5.85. The van der Waals surface area contributed by atoms with Crippen molar-refractivity contribution in [3.63, 3.8) is 0 Å². The first-order valence-corrected chi connectivity index (χ1v) is 8.14. The van der Waals surface area contributed by atoms with E-state index in [1.807, 2.05) is 6.07 Å². The van der Waals surface area contributed by atoms with Crippen molar-refractivity contribution in [2.45, 2.75) is 38.8 Å². The van der Waals surface area contributed by atoms with Gasteiger partial charge in [-0.15, -0.1) is 0 Å². The summed E-state index contributed by atoms with van der Waals surface area (Å²) in [6.45, 7) is 6.53. The number of fused-ring (bicyclic) bond motifs is 1. The number of rotatable bonds is 6. The standard InChI is InChI=1S/C18H27NO3/c1-18(2)16(13-8-10-22-17(13)18)19-9-7-12-5-6-14(20-3)15(11-12)21-4/h5-6,11,13,16-17,19H,7-10H2,1-4H3/t13-,16-,17+/m1/s1. The van der Waals surface area contributed by atoms with E-state index in [1.54, 1.807) is 14.2 Å². The van der Waals surface area contributed by atoms with Crippen LogP contribution in [0.25, 0.3) is 0 Å². The topological polar surface area (TPSA) is 39.7 Å². The van der Waals surface area contributed by atoms with Gasteiger partial charge in [0.15, 0.2) is 11.5 Å². The Kier molecular flexibility index (Phi) is 4.33. The molecule has 1 aromatic rings. The van der Waals surface area contributed by atoms with Crippen LogP contribution in [0.2, 0.25) is 0 Å². The second-order valence-electron chi connectivity index (χ2n) is 6.94. The summed E-state index contributed by atoms with van der Waals surface area (Å²) in [6.07, 6.45) is 2.64. The molecule has 4 nitrogen and oxygen atoms in total. The van der Waals surface area contributed by atoms with Gasteiger partial charge in [-0.3, -0.25) is 0 Å². The number of hydrogen-bond donors (Lipinski definition) is 1. The highest BCUT2D eigenvalue weighted by atomic mass is 16.5. The predicted molar refractivity (Wildman–Crippen MR) is 86.7 cm³/mol. The van der Waals surface area contributed by atoms with E-state index in [-0.39, 0.29) is 5.41 Å². The summed E-state index contributed by atoms with van der Waals surface area (Å²) >= 11 is 0. The van der Waals surface area contributed by atoms with E-state index in [4.69, 9.17) is 14.2 Å². The second-order valence-corrected chi connectivity index (χ2v) is 6.94. The van der Waals surface area contributed by atoms with Crippen molar-refractivity contribution in [1.29, 1.82) is 0 Å². The molecule has 1 aliphatic carbocycles. The minimum Gasteiger partial charge on any atom is -0.493 e. The third-order valence-corrected chi connectivity index (χ3v) is 5.33. The first-order chi connectivity index (χ1) is 10.6. The van der Waals surface area contributed by atoms with Crippen LogP contribution in [0.15, 0.2) is 18.2 Å². The fourth-order valence-corrected chi connectivity index (χ4v) is 4.15. The molecule has 0 spiro atoms. The molecule has 0 bridgehead atoms. The lowest BCUT2D eigenvalue weighted by molar-refractivity contribution is -0.112. The molecule has 3 rings (SSSR count). The molecule has 2 fully saturated rings. The van der Waals surface area contributed by atoms with Gasteiger partial charge in [0, 0.05) is 24.0 Å². The van der Waals surface area contributed by atoms with Gasteiger partial charge in [0.05, 0.1) is 20.3 Å². The zero-order valence-corrected chi connectivity index (χ0v) is 14.0. The Morgan fingerprint density at radius 2 is 2.00 bits per heavy atom. The molecule has 1 heterocycles. The maximum atomic E-state index is 5.85. The highest BCUT2D eigenvalue weighted by Crippen LogP contribution is 2.52. The van der Waals surface area contributed by atoms with Crippen LogP contribution in [-0.4, -0.2) is 39.5 Å². The average molecular weight is 305 g/mol. The number of hydrogen-bond acceptors (Lipinski definition) is 4. The molecule has 1 saturated heterocycles. The third kappa shape index (κ3) is 2.59. The fraction of sp³-hybridized carbons (Fsp3) is 0.667. The molecule has 0 aromatic heterocycles. The quantitative estimate of drug-likeness (QED) is 0.877. The number of nitrogens with one attached hydrogen (secondary N) is 1. The van der Waals surface area contributed by atoms with Crippen LogP contribution >= 0.6 is 0 Å². The normalized spacial score (nSPS) is 28.8. The Morgan fingerprint density at radius 3 is 2.73 bits per heavy atom. The molecule has 0 amide bonds. The molecule has 4 heteroatoms. The summed E-state index contributed by atoms with van der Waals surface area (Å²) < 4.78 is 16.5. The Morgan fingerprint density at radius 1 is 1.23 bits per heavy atom. The predicted octanol–water partition coefficient (Wildman–Crippen LogP) is 2.65. The minimum absolute atomic E-state index is 0.249. The summed E-state index contributed by atoms with van der Waals surface area (Å²) in [7, 11) is 3.34. The van der Waals surface area contributed by atoms with Gasteiger partial charge in [0.1, 0.15) is 0 Å². The van der Waals surface area contributed by atoms with E-state index >= 15 is 0 Å². The van der Waals surface area contributed by atoms with Crippen LogP contribution in [0.3, 0.4) is 0 Å². The monoisotopic (exact) mass is 305 g/mol. The van der Waals surface area contributed by atoms with Gasteiger partial charge in [0.25, 0.3) is 0 Å². The zero-order chi connectivity index (χ0) is 15.7. The van der Waals surface area contributed by atoms with E-state index in [2.05, 4.69) is 31.3 Å². The molecule has 0 radical (unpaired) electrons. The molecule has 2 aliphatic rings. The summed E-state index contributed by atoms with van der Waals surface area (Å²) in [5.41, 5.74) is 1.51. The van der Waals surface area contributed by atoms with Crippen LogP contribution in [0.1, 0.15) is 25.8 Å². The van der Waals surface area contributed by atoms with E-state index in [0.29, 0.717) is 18.1 Å². The highest BCUT2D eigenvalue weighted by molar-refractivity contribution is 5.42. The van der Waals surface area contributed by atoms with Crippen molar-refractivity contribution in [1.82, 2.24) is 5.32 Å². The lowest BCUT2D eigenvalue weighted by Crippen LogP contribution is -2.66. The van der Waals surface area contributed by atoms with E-state index in [0.717, 1.165) is 31.1 Å². The lowest BCUT2D eigenvalue weighted by Gasteiger charge is -2.55. The van der Waals surface area contributed by atoms with Crippen LogP contribution in [0.5, 0.6) is 11.5 Å². The fourth-order valence-electron chi connectivity index (χ4n) is 4.15. The van der Waals surface area contributed by atoms with Gasteiger partial charge in [0.2, 0.25) is 0 Å². The summed E-state index contributed by atoms with van der Waals surface area (Å²) in [5.74, 6) is 2.28. The number of methoxy groups -OCH3 is 2. The molecule has 1 aliphatic heterocycles. The summed E-state index contributed by atoms with van der Waals surface area (Å²) in [6, 6.07) is 6.72. The van der Waals surface area contributed by atoms with Gasteiger partial charge in [-0.2, -0.15) is 0 Å². The minimum atomic E-state index is 0.249.